The van der Waals surface area contributed by atoms with Gasteiger partial charge in [0.2, 0.25) is 5.96 Å². The molecule has 0 fully saturated rings. The van der Waals surface area contributed by atoms with Crippen molar-refractivity contribution in [2.45, 2.75) is 13.3 Å². The maximum Gasteiger partial charge on any atom is 0.211 e. The van der Waals surface area contributed by atoms with Gasteiger partial charge in [-0.25, -0.2) is 0 Å². The molecule has 0 saturated carbocycles. The molecule has 0 saturated heterocycles. The van der Waals surface area contributed by atoms with Crippen molar-refractivity contribution in [2.75, 3.05) is 6.61 Å². The zero-order chi connectivity index (χ0) is 7.98. The van der Waals surface area contributed by atoms with E-state index in [2.05, 4.69) is 10.2 Å². The van der Waals surface area contributed by atoms with Gasteiger partial charge in [-0.3, -0.25) is 0 Å². The largest absolute Gasteiger partial charge is 0.396 e. The monoisotopic (exact) mass is 144 g/mol. The standard InChI is InChI=1S/C5H12N4O/c1-4(2-3-10)8-9-5(6)7/h10H,2-3H2,1H3,(H4,6,7,9)/b8-4+. The summed E-state index contributed by atoms with van der Waals surface area (Å²) in [5, 5.41) is 15.4. The van der Waals surface area contributed by atoms with Gasteiger partial charge in [0.05, 0.1) is 0 Å². The highest BCUT2D eigenvalue weighted by atomic mass is 16.3. The number of rotatable bonds is 3. The summed E-state index contributed by atoms with van der Waals surface area (Å²) in [7, 11) is 0. The fourth-order valence-corrected chi connectivity index (χ4v) is 0.355. The minimum absolute atomic E-state index is 0.0648. The highest BCUT2D eigenvalue weighted by molar-refractivity contribution is 5.83. The second-order valence-electron chi connectivity index (χ2n) is 1.83. The predicted octanol–water partition coefficient (Wildman–Crippen LogP) is -0.982. The van der Waals surface area contributed by atoms with Crippen LogP contribution in [0.2, 0.25) is 0 Å². The quantitative estimate of drug-likeness (QED) is 0.270. The smallest absolute Gasteiger partial charge is 0.211 e. The zero-order valence-electron chi connectivity index (χ0n) is 5.91. The molecule has 0 radical (unpaired) electrons. The lowest BCUT2D eigenvalue weighted by atomic mass is 10.3. The first-order valence-electron chi connectivity index (χ1n) is 2.89. The van der Waals surface area contributed by atoms with Crippen LogP contribution in [0.5, 0.6) is 0 Å². The van der Waals surface area contributed by atoms with Gasteiger partial charge in [0, 0.05) is 18.7 Å². The van der Waals surface area contributed by atoms with E-state index in [4.69, 9.17) is 16.6 Å². The molecule has 0 aliphatic carbocycles. The van der Waals surface area contributed by atoms with Crippen molar-refractivity contribution in [1.82, 2.24) is 0 Å². The summed E-state index contributed by atoms with van der Waals surface area (Å²) in [4.78, 5) is 0. The summed E-state index contributed by atoms with van der Waals surface area (Å²) >= 11 is 0. The van der Waals surface area contributed by atoms with E-state index in [1.807, 2.05) is 0 Å². The van der Waals surface area contributed by atoms with Crippen molar-refractivity contribution < 1.29 is 5.11 Å². The van der Waals surface area contributed by atoms with E-state index in [1.54, 1.807) is 6.92 Å². The van der Waals surface area contributed by atoms with Crippen LogP contribution < -0.4 is 11.5 Å². The van der Waals surface area contributed by atoms with Crippen molar-refractivity contribution in [1.29, 1.82) is 0 Å². The Morgan fingerprint density at radius 3 is 2.40 bits per heavy atom. The summed E-state index contributed by atoms with van der Waals surface area (Å²) in [6.45, 7) is 1.80. The molecule has 0 rings (SSSR count). The summed E-state index contributed by atoms with van der Waals surface area (Å²) in [6, 6.07) is 0. The molecule has 10 heavy (non-hydrogen) atoms. The average Bonchev–Trinajstić information content (AvgIpc) is 1.85. The Morgan fingerprint density at radius 2 is 2.00 bits per heavy atom. The first kappa shape index (κ1) is 8.90. The van der Waals surface area contributed by atoms with Crippen LogP contribution >= 0.6 is 0 Å². The summed E-state index contributed by atoms with van der Waals surface area (Å²) in [5.41, 5.74) is 10.7. The molecule has 0 amide bonds. The van der Waals surface area contributed by atoms with E-state index in [1.165, 1.54) is 0 Å². The van der Waals surface area contributed by atoms with Gasteiger partial charge in [-0.1, -0.05) is 0 Å². The molecule has 5 nitrogen and oxygen atoms in total. The summed E-state index contributed by atoms with van der Waals surface area (Å²) in [5.74, 6) is -0.0720. The van der Waals surface area contributed by atoms with Crippen LogP contribution in [0.3, 0.4) is 0 Å². The first-order valence-corrected chi connectivity index (χ1v) is 2.89. The van der Waals surface area contributed by atoms with E-state index in [9.17, 15) is 0 Å². The minimum atomic E-state index is -0.0720. The van der Waals surface area contributed by atoms with Gasteiger partial charge in [0.25, 0.3) is 0 Å². The fraction of sp³-hybridized carbons (Fsp3) is 0.600. The number of aliphatic hydroxyl groups is 1. The lowest BCUT2D eigenvalue weighted by molar-refractivity contribution is 0.307. The Bertz CT molecular complexity index is 148. The molecule has 5 N–H and O–H groups in total. The first-order chi connectivity index (χ1) is 4.66. The molecular formula is C5H12N4O. The number of nitrogens with zero attached hydrogens (tertiary/aromatic N) is 2. The second kappa shape index (κ2) is 4.75. The second-order valence-corrected chi connectivity index (χ2v) is 1.83. The van der Waals surface area contributed by atoms with Gasteiger partial charge in [-0.05, 0) is 6.92 Å². The van der Waals surface area contributed by atoms with Crippen LogP contribution in [-0.2, 0) is 0 Å². The van der Waals surface area contributed by atoms with Crippen molar-refractivity contribution in [2.24, 2.45) is 21.7 Å². The van der Waals surface area contributed by atoms with Gasteiger partial charge in [0.1, 0.15) is 0 Å². The van der Waals surface area contributed by atoms with Crippen LogP contribution in [0, 0.1) is 0 Å². The molecular weight excluding hydrogens is 132 g/mol. The minimum Gasteiger partial charge on any atom is -0.396 e. The number of aliphatic hydroxyl groups excluding tert-OH is 1. The van der Waals surface area contributed by atoms with Crippen LogP contribution in [0.1, 0.15) is 13.3 Å². The third-order valence-corrected chi connectivity index (χ3v) is 0.810. The number of nitrogens with two attached hydrogens (primary N) is 2. The third kappa shape index (κ3) is 5.04. The molecule has 58 valence electrons. The molecule has 0 aromatic carbocycles. The van der Waals surface area contributed by atoms with Gasteiger partial charge < -0.3 is 16.6 Å². The molecule has 0 heterocycles. The average molecular weight is 144 g/mol. The SMILES string of the molecule is C/C(CCO)=N\N=C(N)N. The van der Waals surface area contributed by atoms with E-state index in [0.29, 0.717) is 12.1 Å². The van der Waals surface area contributed by atoms with Crippen molar-refractivity contribution in [3.63, 3.8) is 0 Å². The number of guanidine groups is 1. The summed E-state index contributed by atoms with van der Waals surface area (Å²) < 4.78 is 0. The molecule has 0 atom stereocenters. The fourth-order valence-electron chi connectivity index (χ4n) is 0.355. The van der Waals surface area contributed by atoms with Crippen LogP contribution in [0.4, 0.5) is 0 Å². The van der Waals surface area contributed by atoms with Gasteiger partial charge in [0.15, 0.2) is 0 Å². The van der Waals surface area contributed by atoms with E-state index in [-0.39, 0.29) is 12.6 Å². The van der Waals surface area contributed by atoms with Crippen LogP contribution in [-0.4, -0.2) is 23.4 Å². The summed E-state index contributed by atoms with van der Waals surface area (Å²) in [6.07, 6.45) is 0.497. The van der Waals surface area contributed by atoms with E-state index < -0.39 is 0 Å². The normalized spacial score (nSPS) is 11.2. The van der Waals surface area contributed by atoms with E-state index >= 15 is 0 Å². The maximum atomic E-state index is 8.41. The molecule has 0 bridgehead atoms. The van der Waals surface area contributed by atoms with Crippen molar-refractivity contribution >= 4 is 11.7 Å². The third-order valence-electron chi connectivity index (χ3n) is 0.810. The Balaban J connectivity index is 3.79. The molecule has 0 unspecified atom stereocenters. The highest BCUT2D eigenvalue weighted by Gasteiger charge is 1.87. The Labute approximate surface area is 59.4 Å². The molecule has 5 heteroatoms. The van der Waals surface area contributed by atoms with Gasteiger partial charge in [-0.15, -0.1) is 5.10 Å². The lowest BCUT2D eigenvalue weighted by Gasteiger charge is -1.91. The lowest BCUT2D eigenvalue weighted by Crippen LogP contribution is -2.22. The van der Waals surface area contributed by atoms with Gasteiger partial charge >= 0.3 is 0 Å². The number of hydrogen-bond donors (Lipinski definition) is 3. The van der Waals surface area contributed by atoms with Crippen LogP contribution in [0.25, 0.3) is 0 Å². The molecule has 0 spiro atoms. The number of hydrogen-bond acceptors (Lipinski definition) is 3. The Hall–Kier alpha value is -1.10. The highest BCUT2D eigenvalue weighted by Crippen LogP contribution is 1.84. The van der Waals surface area contributed by atoms with E-state index in [0.717, 1.165) is 0 Å². The Kier molecular flexibility index (Phi) is 4.23. The molecule has 0 aliphatic rings. The topological polar surface area (TPSA) is 97.0 Å². The van der Waals surface area contributed by atoms with Crippen LogP contribution in [0.15, 0.2) is 10.2 Å². The van der Waals surface area contributed by atoms with Crippen molar-refractivity contribution in [3.8, 4) is 0 Å². The molecule has 0 aromatic rings. The maximum absolute atomic E-state index is 8.41. The molecule has 0 aromatic heterocycles. The van der Waals surface area contributed by atoms with Gasteiger partial charge in [-0.2, -0.15) is 5.10 Å². The molecule has 0 aliphatic heterocycles. The zero-order valence-corrected chi connectivity index (χ0v) is 5.91. The van der Waals surface area contributed by atoms with Crippen molar-refractivity contribution in [3.05, 3.63) is 0 Å². The predicted molar refractivity (Wildman–Crippen MR) is 40.6 cm³/mol. The Morgan fingerprint density at radius 1 is 1.40 bits per heavy atom.